The number of carboxylic acids is 1. The molecule has 3 heterocycles. The predicted molar refractivity (Wildman–Crippen MR) is 110 cm³/mol. The van der Waals surface area contributed by atoms with E-state index in [0.29, 0.717) is 25.9 Å². The third-order valence-electron chi connectivity index (χ3n) is 5.58. The zero-order chi connectivity index (χ0) is 20.4. The quantitative estimate of drug-likeness (QED) is 0.697. The predicted octanol–water partition coefficient (Wildman–Crippen LogP) is 2.99. The van der Waals surface area contributed by atoms with Gasteiger partial charge in [-0.25, -0.2) is 0 Å². The van der Waals surface area contributed by atoms with E-state index in [-0.39, 0.29) is 12.3 Å². The van der Waals surface area contributed by atoms with Crippen LogP contribution in [0.25, 0.3) is 10.9 Å². The molecule has 0 bridgehead atoms. The van der Waals surface area contributed by atoms with E-state index < -0.39 is 5.97 Å². The molecule has 1 aliphatic heterocycles. The van der Waals surface area contributed by atoms with Crippen molar-refractivity contribution in [3.63, 3.8) is 0 Å². The van der Waals surface area contributed by atoms with E-state index in [0.717, 1.165) is 42.1 Å². The van der Waals surface area contributed by atoms with Gasteiger partial charge >= 0.3 is 5.97 Å². The molecule has 0 fully saturated rings. The number of carbonyl (C=O) groups excluding carboxylic acids is 1. The van der Waals surface area contributed by atoms with Crippen molar-refractivity contribution in [2.75, 3.05) is 6.54 Å². The van der Waals surface area contributed by atoms with Crippen LogP contribution in [0.3, 0.4) is 0 Å². The lowest BCUT2D eigenvalue weighted by Gasteiger charge is -2.20. The first kappa shape index (κ1) is 19.2. The number of fused-ring (bicyclic) bond motifs is 2. The summed E-state index contributed by atoms with van der Waals surface area (Å²) in [5.74, 6) is -0.679. The van der Waals surface area contributed by atoms with Crippen molar-refractivity contribution in [2.24, 2.45) is 0 Å². The highest BCUT2D eigenvalue weighted by molar-refractivity contribution is 5.82. The first-order chi connectivity index (χ1) is 14.0. The van der Waals surface area contributed by atoms with Gasteiger partial charge in [0.2, 0.25) is 5.91 Å². The second kappa shape index (κ2) is 8.11. The lowest BCUT2D eigenvalue weighted by Crippen LogP contribution is -2.31. The first-order valence-corrected chi connectivity index (χ1v) is 10.1. The summed E-state index contributed by atoms with van der Waals surface area (Å²) in [6, 6.07) is 12.3. The molecular weight excluding hydrogens is 368 g/mol. The molecule has 0 aliphatic carbocycles. The average Bonchev–Trinajstić information content (AvgIpc) is 3.16. The molecule has 1 aromatic carbocycles. The summed E-state index contributed by atoms with van der Waals surface area (Å²) in [4.78, 5) is 25.6. The van der Waals surface area contributed by atoms with Crippen molar-refractivity contribution >= 4 is 22.8 Å². The fraction of sp³-hybridized carbons (Fsp3) is 0.409. The van der Waals surface area contributed by atoms with Gasteiger partial charge in [0.1, 0.15) is 0 Å². The van der Waals surface area contributed by atoms with E-state index >= 15 is 0 Å². The molecule has 1 N–H and O–H groups in total. The Balaban J connectivity index is 1.42. The molecule has 2 aromatic heterocycles. The topological polar surface area (TPSA) is 80.4 Å². The number of aliphatic carboxylic acids is 1. The lowest BCUT2D eigenvalue weighted by molar-refractivity contribution is -0.137. The Morgan fingerprint density at radius 1 is 1.14 bits per heavy atom. The number of aromatic nitrogens is 3. The van der Waals surface area contributed by atoms with Crippen molar-refractivity contribution in [3.05, 3.63) is 53.5 Å². The molecule has 3 aromatic rings. The molecule has 1 aliphatic rings. The number of aryl methyl sites for hydroxylation is 4. The van der Waals surface area contributed by atoms with Crippen LogP contribution >= 0.6 is 0 Å². The number of amides is 1. The number of rotatable bonds is 6. The Kier molecular flexibility index (Phi) is 5.38. The third-order valence-corrected chi connectivity index (χ3v) is 5.58. The first-order valence-electron chi connectivity index (χ1n) is 10.1. The summed E-state index contributed by atoms with van der Waals surface area (Å²) < 4.78 is 4.13. The lowest BCUT2D eigenvalue weighted by atomic mass is 10.2. The van der Waals surface area contributed by atoms with Crippen molar-refractivity contribution in [1.29, 1.82) is 0 Å². The van der Waals surface area contributed by atoms with E-state index in [4.69, 9.17) is 5.11 Å². The average molecular weight is 394 g/mol. The number of hydrogen-bond acceptors (Lipinski definition) is 3. The van der Waals surface area contributed by atoms with Crippen molar-refractivity contribution < 1.29 is 14.7 Å². The highest BCUT2D eigenvalue weighted by Gasteiger charge is 2.21. The van der Waals surface area contributed by atoms with E-state index in [1.54, 1.807) is 0 Å². The SMILES string of the molecule is Cc1cc2ccccc2n1CCC(=O)N1CCCn2nc(CCC(=O)O)cc2C1. The number of hydrogen-bond donors (Lipinski definition) is 1. The summed E-state index contributed by atoms with van der Waals surface area (Å²) >= 11 is 0. The third kappa shape index (κ3) is 4.18. The molecule has 29 heavy (non-hydrogen) atoms. The van der Waals surface area contributed by atoms with Crippen LogP contribution in [0.5, 0.6) is 0 Å². The molecule has 0 unspecified atom stereocenters. The highest BCUT2D eigenvalue weighted by atomic mass is 16.4. The normalized spacial score (nSPS) is 14.0. The van der Waals surface area contributed by atoms with Gasteiger partial charge in [-0.3, -0.25) is 14.3 Å². The van der Waals surface area contributed by atoms with E-state index in [9.17, 15) is 9.59 Å². The molecule has 7 nitrogen and oxygen atoms in total. The fourth-order valence-electron chi connectivity index (χ4n) is 4.10. The number of para-hydroxylation sites is 1. The van der Waals surface area contributed by atoms with Crippen LogP contribution in [-0.4, -0.2) is 42.8 Å². The van der Waals surface area contributed by atoms with Gasteiger partial charge in [0.05, 0.1) is 24.4 Å². The second-order valence-corrected chi connectivity index (χ2v) is 7.66. The maximum absolute atomic E-state index is 12.9. The maximum atomic E-state index is 12.9. The largest absolute Gasteiger partial charge is 0.481 e. The Labute approximate surface area is 169 Å². The minimum Gasteiger partial charge on any atom is -0.481 e. The molecule has 0 spiro atoms. The van der Waals surface area contributed by atoms with Gasteiger partial charge in [0, 0.05) is 43.7 Å². The molecule has 0 saturated heterocycles. The Morgan fingerprint density at radius 3 is 2.79 bits per heavy atom. The van der Waals surface area contributed by atoms with Crippen LogP contribution in [0, 0.1) is 6.92 Å². The fourth-order valence-corrected chi connectivity index (χ4v) is 4.10. The Bertz CT molecular complexity index is 1050. The molecule has 1 amide bonds. The maximum Gasteiger partial charge on any atom is 0.303 e. The summed E-state index contributed by atoms with van der Waals surface area (Å²) in [5, 5.41) is 14.6. The second-order valence-electron chi connectivity index (χ2n) is 7.66. The van der Waals surface area contributed by atoms with Crippen LogP contribution in [-0.2, 0) is 35.6 Å². The van der Waals surface area contributed by atoms with Gasteiger partial charge < -0.3 is 14.6 Å². The van der Waals surface area contributed by atoms with Crippen LogP contribution < -0.4 is 0 Å². The molecule has 0 saturated carbocycles. The summed E-state index contributed by atoms with van der Waals surface area (Å²) in [6.07, 6.45) is 1.80. The summed E-state index contributed by atoms with van der Waals surface area (Å²) in [7, 11) is 0. The van der Waals surface area contributed by atoms with E-state index in [2.05, 4.69) is 34.8 Å². The molecule has 152 valence electrons. The Hall–Kier alpha value is -3.09. The van der Waals surface area contributed by atoms with Crippen LogP contribution in [0.2, 0.25) is 0 Å². The standard InChI is InChI=1S/C22H26N4O3/c1-16-13-17-5-2-3-6-20(17)25(16)12-9-21(27)24-10-4-11-26-19(15-24)14-18(23-26)7-8-22(28)29/h2-3,5-6,13-14H,4,7-12,15H2,1H3,(H,28,29). The number of benzene rings is 1. The van der Waals surface area contributed by atoms with Gasteiger partial charge in [0.15, 0.2) is 0 Å². The number of carboxylic acid groups (broad SMARTS) is 1. The van der Waals surface area contributed by atoms with Gasteiger partial charge in [-0.05, 0) is 36.9 Å². The van der Waals surface area contributed by atoms with Gasteiger partial charge in [-0.15, -0.1) is 0 Å². The number of nitrogens with zero attached hydrogens (tertiary/aromatic N) is 4. The molecule has 0 atom stereocenters. The van der Waals surface area contributed by atoms with Crippen molar-refractivity contribution in [1.82, 2.24) is 19.2 Å². The van der Waals surface area contributed by atoms with Gasteiger partial charge in [0.25, 0.3) is 0 Å². The van der Waals surface area contributed by atoms with Crippen molar-refractivity contribution in [3.8, 4) is 0 Å². The highest BCUT2D eigenvalue weighted by Crippen LogP contribution is 2.20. The summed E-state index contributed by atoms with van der Waals surface area (Å²) in [6.45, 7) is 4.75. The molecule has 4 rings (SSSR count). The minimum atomic E-state index is -0.821. The smallest absolute Gasteiger partial charge is 0.303 e. The zero-order valence-corrected chi connectivity index (χ0v) is 16.7. The van der Waals surface area contributed by atoms with E-state index in [1.807, 2.05) is 27.8 Å². The van der Waals surface area contributed by atoms with Crippen molar-refractivity contribution in [2.45, 2.75) is 52.2 Å². The monoisotopic (exact) mass is 394 g/mol. The van der Waals surface area contributed by atoms with Crippen LogP contribution in [0.15, 0.2) is 36.4 Å². The van der Waals surface area contributed by atoms with Gasteiger partial charge in [-0.2, -0.15) is 5.10 Å². The molecule has 0 radical (unpaired) electrons. The van der Waals surface area contributed by atoms with Crippen LogP contribution in [0.1, 0.15) is 36.3 Å². The number of carbonyl (C=O) groups is 2. The van der Waals surface area contributed by atoms with Crippen LogP contribution in [0.4, 0.5) is 0 Å². The molecule has 7 heteroatoms. The molecular formula is C22H26N4O3. The Morgan fingerprint density at radius 2 is 1.97 bits per heavy atom. The van der Waals surface area contributed by atoms with Gasteiger partial charge in [-0.1, -0.05) is 18.2 Å². The summed E-state index contributed by atoms with van der Waals surface area (Å²) in [5.41, 5.74) is 4.09. The zero-order valence-electron chi connectivity index (χ0n) is 16.7. The minimum absolute atomic E-state index is 0.0727. The van der Waals surface area contributed by atoms with E-state index in [1.165, 1.54) is 5.39 Å².